The summed E-state index contributed by atoms with van der Waals surface area (Å²) in [4.78, 5) is 15.0. The fourth-order valence-corrected chi connectivity index (χ4v) is 3.15. The third kappa shape index (κ3) is 2.59. The molecular weight excluding hydrogens is 278 g/mol. The largest absolute Gasteiger partial charge is 0.381 e. The Morgan fingerprint density at radius 3 is 3.20 bits per heavy atom. The molecule has 20 heavy (non-hydrogen) atoms. The molecule has 7 heteroatoms. The maximum atomic E-state index is 11.3. The van der Waals surface area contributed by atoms with Crippen LogP contribution in [-0.2, 0) is 4.74 Å². The number of rotatable bonds is 4. The Morgan fingerprint density at radius 2 is 2.45 bits per heavy atom. The molecule has 0 amide bonds. The third-order valence-electron chi connectivity index (χ3n) is 3.49. The van der Waals surface area contributed by atoms with Crippen molar-refractivity contribution in [2.24, 2.45) is 5.92 Å². The van der Waals surface area contributed by atoms with Gasteiger partial charge in [0.25, 0.3) is 0 Å². The Hall–Kier alpha value is -1.73. The first-order chi connectivity index (χ1) is 9.75. The molecule has 3 rings (SSSR count). The first-order valence-corrected chi connectivity index (χ1v) is 7.46. The molecule has 1 fully saturated rings. The van der Waals surface area contributed by atoms with E-state index in [-0.39, 0.29) is 10.6 Å². The second-order valence-electron chi connectivity index (χ2n) is 4.88. The van der Waals surface area contributed by atoms with Crippen molar-refractivity contribution in [1.82, 2.24) is 4.98 Å². The predicted molar refractivity (Wildman–Crippen MR) is 78.3 cm³/mol. The van der Waals surface area contributed by atoms with Crippen LogP contribution in [0.25, 0.3) is 10.2 Å². The Bertz CT molecular complexity index is 622. The number of aromatic nitrogens is 1. The molecule has 1 aromatic carbocycles. The Balaban J connectivity index is 1.82. The summed E-state index contributed by atoms with van der Waals surface area (Å²) in [6.45, 7) is 2.23. The number of fused-ring (bicyclic) bond motifs is 1. The zero-order valence-electron chi connectivity index (χ0n) is 10.9. The van der Waals surface area contributed by atoms with E-state index in [0.717, 1.165) is 30.8 Å². The number of nitro benzene ring substituents is 1. The van der Waals surface area contributed by atoms with E-state index >= 15 is 0 Å². The minimum Gasteiger partial charge on any atom is -0.381 e. The fourth-order valence-electron chi connectivity index (χ4n) is 2.47. The average Bonchev–Trinajstić information content (AvgIpc) is 2.93. The number of nitrogens with one attached hydrogen (secondary N) is 1. The van der Waals surface area contributed by atoms with Gasteiger partial charge in [-0.1, -0.05) is 0 Å². The highest BCUT2D eigenvalue weighted by Gasteiger charge is 2.21. The second-order valence-corrected chi connectivity index (χ2v) is 5.77. The van der Waals surface area contributed by atoms with Crippen molar-refractivity contribution < 1.29 is 9.66 Å². The van der Waals surface area contributed by atoms with Crippen molar-refractivity contribution in [3.05, 3.63) is 27.8 Å². The summed E-state index contributed by atoms with van der Waals surface area (Å²) in [6, 6.07) is 3.64. The normalized spacial score (nSPS) is 19.1. The minimum atomic E-state index is -0.359. The average molecular weight is 293 g/mol. The predicted octanol–water partition coefficient (Wildman–Crippen LogP) is 3.04. The Morgan fingerprint density at radius 1 is 1.55 bits per heavy atom. The molecule has 1 N–H and O–H groups in total. The monoisotopic (exact) mass is 293 g/mol. The summed E-state index contributed by atoms with van der Waals surface area (Å²) in [5.74, 6) is 0.412. The van der Waals surface area contributed by atoms with Gasteiger partial charge in [-0.15, -0.1) is 11.3 Å². The Labute approximate surface area is 119 Å². The van der Waals surface area contributed by atoms with Gasteiger partial charge in [0.15, 0.2) is 5.52 Å². The quantitative estimate of drug-likeness (QED) is 0.692. The van der Waals surface area contributed by atoms with Gasteiger partial charge in [-0.25, -0.2) is 4.98 Å². The van der Waals surface area contributed by atoms with Crippen LogP contribution in [0, 0.1) is 16.0 Å². The number of benzene rings is 1. The van der Waals surface area contributed by atoms with Crippen LogP contribution in [0.5, 0.6) is 0 Å². The van der Waals surface area contributed by atoms with Gasteiger partial charge in [-0.2, -0.15) is 0 Å². The molecule has 0 spiro atoms. The zero-order valence-corrected chi connectivity index (χ0v) is 11.7. The van der Waals surface area contributed by atoms with Gasteiger partial charge in [0.05, 0.1) is 21.7 Å². The lowest BCUT2D eigenvalue weighted by Gasteiger charge is -2.22. The van der Waals surface area contributed by atoms with Gasteiger partial charge in [0, 0.05) is 13.2 Å². The molecule has 1 unspecified atom stereocenters. The zero-order chi connectivity index (χ0) is 13.9. The molecule has 106 valence electrons. The van der Waals surface area contributed by atoms with Gasteiger partial charge in [-0.3, -0.25) is 10.1 Å². The molecule has 1 aliphatic heterocycles. The van der Waals surface area contributed by atoms with Crippen molar-refractivity contribution in [2.45, 2.75) is 12.8 Å². The van der Waals surface area contributed by atoms with Crippen molar-refractivity contribution in [1.29, 1.82) is 0 Å². The van der Waals surface area contributed by atoms with E-state index < -0.39 is 0 Å². The van der Waals surface area contributed by atoms with Gasteiger partial charge < -0.3 is 10.1 Å². The second kappa shape index (κ2) is 5.72. The molecule has 1 saturated heterocycles. The molecule has 1 aliphatic rings. The van der Waals surface area contributed by atoms with E-state index in [0.29, 0.717) is 23.7 Å². The van der Waals surface area contributed by atoms with Crippen LogP contribution in [-0.4, -0.2) is 29.7 Å². The van der Waals surface area contributed by atoms with Crippen LogP contribution in [0.15, 0.2) is 17.6 Å². The number of nitro groups is 1. The molecule has 1 aromatic heterocycles. The van der Waals surface area contributed by atoms with Crippen LogP contribution in [0.4, 0.5) is 11.4 Å². The van der Waals surface area contributed by atoms with Gasteiger partial charge in [0.1, 0.15) is 5.69 Å². The van der Waals surface area contributed by atoms with E-state index in [2.05, 4.69) is 10.3 Å². The first kappa shape index (κ1) is 13.3. The highest BCUT2D eigenvalue weighted by atomic mass is 32.1. The molecule has 0 radical (unpaired) electrons. The lowest BCUT2D eigenvalue weighted by atomic mass is 10.0. The number of ether oxygens (including phenoxy) is 1. The highest BCUT2D eigenvalue weighted by molar-refractivity contribution is 7.16. The first-order valence-electron chi connectivity index (χ1n) is 6.58. The van der Waals surface area contributed by atoms with E-state index in [1.165, 1.54) is 11.3 Å². The molecular formula is C13H15N3O3S. The Kier molecular flexibility index (Phi) is 3.79. The van der Waals surface area contributed by atoms with Crippen LogP contribution in [0.2, 0.25) is 0 Å². The van der Waals surface area contributed by atoms with Crippen LogP contribution in [0.3, 0.4) is 0 Å². The van der Waals surface area contributed by atoms with E-state index in [1.54, 1.807) is 11.6 Å². The van der Waals surface area contributed by atoms with Crippen molar-refractivity contribution in [3.63, 3.8) is 0 Å². The maximum Gasteiger partial charge on any atom is 0.319 e. The number of anilines is 1. The van der Waals surface area contributed by atoms with Gasteiger partial charge in [0.2, 0.25) is 0 Å². The van der Waals surface area contributed by atoms with Gasteiger partial charge >= 0.3 is 5.69 Å². The lowest BCUT2D eigenvalue weighted by Crippen LogP contribution is -2.24. The van der Waals surface area contributed by atoms with Crippen LogP contribution in [0.1, 0.15) is 12.8 Å². The van der Waals surface area contributed by atoms with Gasteiger partial charge in [-0.05, 0) is 30.9 Å². The fraction of sp³-hybridized carbons (Fsp3) is 0.462. The lowest BCUT2D eigenvalue weighted by molar-refractivity contribution is -0.382. The molecule has 0 aliphatic carbocycles. The number of nitrogens with zero attached hydrogens (tertiary/aromatic N) is 2. The summed E-state index contributed by atoms with van der Waals surface area (Å²) < 4.78 is 6.26. The standard InChI is InChI=1S/C13H15N3O3S/c17-16(18)13-10(3-4-11-12(13)15-8-20-11)14-6-9-2-1-5-19-7-9/h3-4,8-9,14H,1-2,5-7H2. The summed E-state index contributed by atoms with van der Waals surface area (Å²) in [5.41, 5.74) is 2.71. The van der Waals surface area contributed by atoms with Crippen LogP contribution < -0.4 is 5.32 Å². The highest BCUT2D eigenvalue weighted by Crippen LogP contribution is 2.34. The molecule has 0 saturated carbocycles. The molecule has 1 atom stereocenters. The van der Waals surface area contributed by atoms with Crippen molar-refractivity contribution >= 4 is 32.9 Å². The molecule has 2 heterocycles. The smallest absolute Gasteiger partial charge is 0.319 e. The molecule has 6 nitrogen and oxygen atoms in total. The summed E-state index contributed by atoms with van der Waals surface area (Å²) in [5, 5.41) is 14.5. The molecule has 0 bridgehead atoms. The van der Waals surface area contributed by atoms with E-state index in [9.17, 15) is 10.1 Å². The number of hydrogen-bond donors (Lipinski definition) is 1. The van der Waals surface area contributed by atoms with Crippen molar-refractivity contribution in [2.75, 3.05) is 25.1 Å². The summed E-state index contributed by atoms with van der Waals surface area (Å²) in [6.07, 6.45) is 2.15. The summed E-state index contributed by atoms with van der Waals surface area (Å²) >= 11 is 1.41. The summed E-state index contributed by atoms with van der Waals surface area (Å²) in [7, 11) is 0. The number of thiazole rings is 1. The van der Waals surface area contributed by atoms with Crippen LogP contribution >= 0.6 is 11.3 Å². The van der Waals surface area contributed by atoms with E-state index in [1.807, 2.05) is 6.07 Å². The third-order valence-corrected chi connectivity index (χ3v) is 4.29. The maximum absolute atomic E-state index is 11.3. The van der Waals surface area contributed by atoms with Crippen molar-refractivity contribution in [3.8, 4) is 0 Å². The topological polar surface area (TPSA) is 77.3 Å². The molecule has 2 aromatic rings. The SMILES string of the molecule is O=[N+]([O-])c1c(NCC2CCCOC2)ccc2scnc12. The van der Waals surface area contributed by atoms with E-state index in [4.69, 9.17) is 4.74 Å². The number of hydrogen-bond acceptors (Lipinski definition) is 6. The minimum absolute atomic E-state index is 0.0699.